The molecule has 1 atom stereocenters. The van der Waals surface area contributed by atoms with Crippen LogP contribution < -0.4 is 9.80 Å². The maximum absolute atomic E-state index is 4.50. The summed E-state index contributed by atoms with van der Waals surface area (Å²) in [5, 5.41) is 10.3. The van der Waals surface area contributed by atoms with Gasteiger partial charge in [-0.05, 0) is 36.4 Å². The summed E-state index contributed by atoms with van der Waals surface area (Å²) in [5.41, 5.74) is 1.02. The van der Waals surface area contributed by atoms with Crippen molar-refractivity contribution in [2.75, 3.05) is 29.9 Å². The zero-order valence-corrected chi connectivity index (χ0v) is 13.8. The number of hydrogen-bond acceptors (Lipinski definition) is 7. The predicted molar refractivity (Wildman–Crippen MR) is 93.1 cm³/mol. The van der Waals surface area contributed by atoms with E-state index in [2.05, 4.69) is 42.4 Å². The first-order valence-electron chi connectivity index (χ1n) is 7.76. The fourth-order valence-electron chi connectivity index (χ4n) is 3.22. The average molecular weight is 326 g/mol. The minimum Gasteiger partial charge on any atom is -0.356 e. The second-order valence-corrected chi connectivity index (χ2v) is 6.70. The van der Waals surface area contributed by atoms with Crippen LogP contribution in [0.25, 0.3) is 10.2 Å². The molecule has 0 amide bonds. The molecule has 1 aliphatic rings. The smallest absolute Gasteiger partial charge is 0.151 e. The molecule has 0 spiro atoms. The third kappa shape index (κ3) is 2.72. The Labute approximate surface area is 138 Å². The van der Waals surface area contributed by atoms with Gasteiger partial charge >= 0.3 is 0 Å². The normalized spacial score (nSPS) is 17.8. The molecule has 118 valence electrons. The maximum Gasteiger partial charge on any atom is 0.151 e. The van der Waals surface area contributed by atoms with Crippen LogP contribution in [0.4, 0.5) is 11.6 Å². The second kappa shape index (κ2) is 6.08. The third-order valence-corrected chi connectivity index (χ3v) is 5.20. The first-order valence-corrected chi connectivity index (χ1v) is 8.64. The number of fused-ring (bicyclic) bond motifs is 1. The molecule has 3 aromatic heterocycles. The molecule has 0 bridgehead atoms. The van der Waals surface area contributed by atoms with Crippen LogP contribution in [-0.2, 0) is 0 Å². The van der Waals surface area contributed by atoms with Crippen molar-refractivity contribution in [2.24, 2.45) is 0 Å². The van der Waals surface area contributed by atoms with Crippen LogP contribution in [0.2, 0.25) is 0 Å². The Bertz CT molecular complexity index is 789. The van der Waals surface area contributed by atoms with Gasteiger partial charge in [-0.3, -0.25) is 0 Å². The Morgan fingerprint density at radius 1 is 1.35 bits per heavy atom. The van der Waals surface area contributed by atoms with E-state index in [1.807, 2.05) is 18.2 Å². The van der Waals surface area contributed by atoms with Crippen molar-refractivity contribution >= 4 is 33.2 Å². The van der Waals surface area contributed by atoms with Gasteiger partial charge in [0.15, 0.2) is 5.82 Å². The highest BCUT2D eigenvalue weighted by Gasteiger charge is 2.27. The van der Waals surface area contributed by atoms with Crippen LogP contribution in [0, 0.1) is 0 Å². The van der Waals surface area contributed by atoms with Gasteiger partial charge in [-0.1, -0.05) is 0 Å². The Kier molecular flexibility index (Phi) is 3.78. The van der Waals surface area contributed by atoms with E-state index in [9.17, 15) is 0 Å². The SMILES string of the molecule is CN(C[C@@H]1CCCN1c1cccnn1)c1ncnc2ccsc12. The van der Waals surface area contributed by atoms with Crippen molar-refractivity contribution in [3.8, 4) is 0 Å². The number of hydrogen-bond donors (Lipinski definition) is 0. The highest BCUT2D eigenvalue weighted by molar-refractivity contribution is 7.17. The van der Waals surface area contributed by atoms with Crippen molar-refractivity contribution < 1.29 is 0 Å². The monoisotopic (exact) mass is 326 g/mol. The molecule has 3 aromatic rings. The van der Waals surface area contributed by atoms with Gasteiger partial charge in [0.05, 0.1) is 10.2 Å². The van der Waals surface area contributed by atoms with Crippen molar-refractivity contribution in [3.05, 3.63) is 36.1 Å². The van der Waals surface area contributed by atoms with E-state index in [1.165, 1.54) is 12.8 Å². The number of rotatable bonds is 4. The summed E-state index contributed by atoms with van der Waals surface area (Å²) in [5.74, 6) is 1.98. The molecule has 4 rings (SSSR count). The quantitative estimate of drug-likeness (QED) is 0.734. The fourth-order valence-corrected chi connectivity index (χ4v) is 4.11. The van der Waals surface area contributed by atoms with Crippen LogP contribution in [0.3, 0.4) is 0 Å². The lowest BCUT2D eigenvalue weighted by atomic mass is 10.2. The van der Waals surface area contributed by atoms with Crippen LogP contribution in [0.5, 0.6) is 0 Å². The number of anilines is 2. The zero-order chi connectivity index (χ0) is 15.6. The van der Waals surface area contributed by atoms with E-state index < -0.39 is 0 Å². The molecule has 0 N–H and O–H groups in total. The standard InChI is InChI=1S/C16H18N6S/c1-21(16-15-13(6-9-23-15)17-11-18-16)10-12-4-3-8-22(12)14-5-2-7-19-20-14/h2,5-7,9,11-12H,3-4,8,10H2,1H3/t12-/m0/s1. The molecule has 0 radical (unpaired) electrons. The van der Waals surface area contributed by atoms with Crippen molar-refractivity contribution in [3.63, 3.8) is 0 Å². The van der Waals surface area contributed by atoms with Gasteiger partial charge in [0.1, 0.15) is 12.1 Å². The predicted octanol–water partition coefficient (Wildman–Crippen LogP) is 2.59. The van der Waals surface area contributed by atoms with Gasteiger partial charge in [0.25, 0.3) is 0 Å². The molecule has 6 nitrogen and oxygen atoms in total. The summed E-state index contributed by atoms with van der Waals surface area (Å²) in [6.45, 7) is 1.95. The Morgan fingerprint density at radius 2 is 2.30 bits per heavy atom. The maximum atomic E-state index is 4.50. The van der Waals surface area contributed by atoms with E-state index >= 15 is 0 Å². The third-order valence-electron chi connectivity index (χ3n) is 4.30. The van der Waals surface area contributed by atoms with Crippen LogP contribution in [-0.4, -0.2) is 46.3 Å². The topological polar surface area (TPSA) is 58.0 Å². The van der Waals surface area contributed by atoms with Crippen LogP contribution in [0.1, 0.15) is 12.8 Å². The van der Waals surface area contributed by atoms with Gasteiger partial charge < -0.3 is 9.80 Å². The first-order chi connectivity index (χ1) is 11.3. The highest BCUT2D eigenvalue weighted by Crippen LogP contribution is 2.29. The highest BCUT2D eigenvalue weighted by atomic mass is 32.1. The molecule has 0 unspecified atom stereocenters. The van der Waals surface area contributed by atoms with Gasteiger partial charge in [0, 0.05) is 32.4 Å². The number of thiophene rings is 1. The lowest BCUT2D eigenvalue weighted by Gasteiger charge is -2.29. The number of likely N-dealkylation sites (N-methyl/N-ethyl adjacent to an activating group) is 1. The van der Waals surface area contributed by atoms with Gasteiger partial charge in [0.2, 0.25) is 0 Å². The van der Waals surface area contributed by atoms with E-state index in [-0.39, 0.29) is 0 Å². The summed E-state index contributed by atoms with van der Waals surface area (Å²) in [7, 11) is 2.11. The Balaban J connectivity index is 1.56. The van der Waals surface area contributed by atoms with E-state index in [4.69, 9.17) is 0 Å². The molecule has 7 heteroatoms. The van der Waals surface area contributed by atoms with E-state index in [1.54, 1.807) is 23.9 Å². The Morgan fingerprint density at radius 3 is 3.17 bits per heavy atom. The van der Waals surface area contributed by atoms with Crippen molar-refractivity contribution in [1.82, 2.24) is 20.2 Å². The molecule has 0 aromatic carbocycles. The summed E-state index contributed by atoms with van der Waals surface area (Å²) >= 11 is 1.69. The summed E-state index contributed by atoms with van der Waals surface area (Å²) in [4.78, 5) is 13.4. The van der Waals surface area contributed by atoms with Crippen LogP contribution >= 0.6 is 11.3 Å². The summed E-state index contributed by atoms with van der Waals surface area (Å²) < 4.78 is 1.15. The molecular formula is C16H18N6S. The van der Waals surface area contributed by atoms with Gasteiger partial charge in [-0.2, -0.15) is 5.10 Å². The molecule has 1 aliphatic heterocycles. The molecule has 4 heterocycles. The van der Waals surface area contributed by atoms with Gasteiger partial charge in [-0.15, -0.1) is 16.4 Å². The zero-order valence-electron chi connectivity index (χ0n) is 13.0. The molecular weight excluding hydrogens is 308 g/mol. The average Bonchev–Trinajstić information content (AvgIpc) is 3.24. The second-order valence-electron chi connectivity index (χ2n) is 5.78. The minimum atomic E-state index is 0.432. The molecule has 1 fully saturated rings. The summed E-state index contributed by atoms with van der Waals surface area (Å²) in [6, 6.07) is 6.45. The van der Waals surface area contributed by atoms with Crippen LogP contribution in [0.15, 0.2) is 36.1 Å². The fraction of sp³-hybridized carbons (Fsp3) is 0.375. The number of nitrogens with zero attached hydrogens (tertiary/aromatic N) is 6. The Hall–Kier alpha value is -2.28. The lowest BCUT2D eigenvalue weighted by molar-refractivity contribution is 0.644. The summed E-state index contributed by atoms with van der Waals surface area (Å²) in [6.07, 6.45) is 5.72. The largest absolute Gasteiger partial charge is 0.356 e. The molecule has 0 saturated carbocycles. The molecule has 0 aliphatic carbocycles. The van der Waals surface area contributed by atoms with Crippen molar-refractivity contribution in [1.29, 1.82) is 0 Å². The van der Waals surface area contributed by atoms with Crippen molar-refractivity contribution in [2.45, 2.75) is 18.9 Å². The number of aromatic nitrogens is 4. The molecule has 23 heavy (non-hydrogen) atoms. The molecule has 1 saturated heterocycles. The van der Waals surface area contributed by atoms with E-state index in [0.717, 1.165) is 34.9 Å². The van der Waals surface area contributed by atoms with Gasteiger partial charge in [-0.25, -0.2) is 9.97 Å². The van der Waals surface area contributed by atoms with E-state index in [0.29, 0.717) is 6.04 Å². The first kappa shape index (κ1) is 14.3. The minimum absolute atomic E-state index is 0.432. The lowest BCUT2D eigenvalue weighted by Crippen LogP contribution is -2.39.